The highest BCUT2D eigenvalue weighted by molar-refractivity contribution is 7.92. The number of para-hydroxylation sites is 1. The first-order valence-corrected chi connectivity index (χ1v) is 13.5. The van der Waals surface area contributed by atoms with Crippen molar-refractivity contribution in [3.8, 4) is 5.75 Å². The Morgan fingerprint density at radius 3 is 2.32 bits per heavy atom. The molecule has 1 aliphatic carbocycles. The van der Waals surface area contributed by atoms with Gasteiger partial charge in [-0.05, 0) is 63.1 Å². The van der Waals surface area contributed by atoms with Crippen LogP contribution in [0.4, 0.5) is 11.4 Å². The van der Waals surface area contributed by atoms with E-state index >= 15 is 0 Å². The smallest absolute Gasteiger partial charge is 0.253 e. The topological polar surface area (TPSA) is 105 Å². The van der Waals surface area contributed by atoms with Crippen LogP contribution >= 0.6 is 0 Å². The van der Waals surface area contributed by atoms with Crippen molar-refractivity contribution in [2.75, 3.05) is 22.5 Å². The Morgan fingerprint density at radius 1 is 1.06 bits per heavy atom. The molecular weight excluding hydrogens is 454 g/mol. The molecule has 34 heavy (non-hydrogen) atoms. The fourth-order valence-corrected chi connectivity index (χ4v) is 5.38. The molecule has 0 spiro atoms. The molecule has 2 amide bonds. The molecule has 1 atom stereocenters. The zero-order chi connectivity index (χ0) is 24.7. The van der Waals surface area contributed by atoms with E-state index in [1.165, 1.54) is 13.3 Å². The third-order valence-corrected chi connectivity index (χ3v) is 7.10. The summed E-state index contributed by atoms with van der Waals surface area (Å²) in [6, 6.07) is 12.3. The van der Waals surface area contributed by atoms with Gasteiger partial charge >= 0.3 is 0 Å². The number of nitrogens with zero attached hydrogens (tertiary/aromatic N) is 1. The van der Waals surface area contributed by atoms with Gasteiger partial charge in [0.1, 0.15) is 11.8 Å². The van der Waals surface area contributed by atoms with E-state index in [1.54, 1.807) is 48.5 Å². The monoisotopic (exact) mass is 487 g/mol. The molecule has 0 aromatic heterocycles. The zero-order valence-corrected chi connectivity index (χ0v) is 20.7. The lowest BCUT2D eigenvalue weighted by atomic mass is 9.95. The number of amides is 2. The first-order chi connectivity index (χ1) is 16.2. The van der Waals surface area contributed by atoms with Gasteiger partial charge in [0, 0.05) is 6.04 Å². The molecule has 0 radical (unpaired) electrons. The van der Waals surface area contributed by atoms with Gasteiger partial charge in [0.25, 0.3) is 5.91 Å². The molecule has 1 aliphatic rings. The van der Waals surface area contributed by atoms with Crippen molar-refractivity contribution in [2.24, 2.45) is 0 Å². The number of carbonyl (C=O) groups is 2. The van der Waals surface area contributed by atoms with E-state index in [0.717, 1.165) is 36.2 Å². The Kier molecular flexibility index (Phi) is 8.55. The van der Waals surface area contributed by atoms with Crippen LogP contribution in [0.15, 0.2) is 48.5 Å². The van der Waals surface area contributed by atoms with E-state index in [4.69, 9.17) is 4.74 Å². The van der Waals surface area contributed by atoms with Gasteiger partial charge in [-0.2, -0.15) is 0 Å². The van der Waals surface area contributed by atoms with Crippen LogP contribution < -0.4 is 19.7 Å². The van der Waals surface area contributed by atoms with Crippen molar-refractivity contribution < 1.29 is 22.7 Å². The quantitative estimate of drug-likeness (QED) is 0.557. The lowest BCUT2D eigenvalue weighted by molar-refractivity contribution is -0.116. The van der Waals surface area contributed by atoms with E-state index in [1.807, 2.05) is 6.92 Å². The minimum Gasteiger partial charge on any atom is -0.494 e. The average Bonchev–Trinajstić information content (AvgIpc) is 2.80. The van der Waals surface area contributed by atoms with Crippen molar-refractivity contribution >= 4 is 33.2 Å². The summed E-state index contributed by atoms with van der Waals surface area (Å²) in [4.78, 5) is 26.0. The van der Waals surface area contributed by atoms with Crippen LogP contribution in [0.1, 0.15) is 56.3 Å². The molecule has 184 valence electrons. The Morgan fingerprint density at radius 2 is 1.71 bits per heavy atom. The van der Waals surface area contributed by atoms with Crippen LogP contribution in [0.25, 0.3) is 0 Å². The van der Waals surface area contributed by atoms with E-state index in [2.05, 4.69) is 10.6 Å². The second-order valence-electron chi connectivity index (χ2n) is 8.50. The summed E-state index contributed by atoms with van der Waals surface area (Å²) in [6.07, 6.45) is 6.31. The highest BCUT2D eigenvalue weighted by Crippen LogP contribution is 2.25. The van der Waals surface area contributed by atoms with Crippen LogP contribution in [0, 0.1) is 0 Å². The Balaban J connectivity index is 1.78. The Labute approximate surface area is 201 Å². The van der Waals surface area contributed by atoms with Crippen molar-refractivity contribution in [3.05, 3.63) is 54.1 Å². The molecule has 0 heterocycles. The first-order valence-electron chi connectivity index (χ1n) is 11.6. The maximum atomic E-state index is 13.1. The van der Waals surface area contributed by atoms with Gasteiger partial charge < -0.3 is 15.4 Å². The van der Waals surface area contributed by atoms with Crippen LogP contribution in [-0.4, -0.2) is 45.2 Å². The molecule has 2 aromatic carbocycles. The number of hydrogen-bond acceptors (Lipinski definition) is 5. The normalized spacial score (nSPS) is 15.3. The van der Waals surface area contributed by atoms with Crippen LogP contribution in [0.5, 0.6) is 5.75 Å². The van der Waals surface area contributed by atoms with Gasteiger partial charge in [-0.15, -0.1) is 0 Å². The van der Waals surface area contributed by atoms with Gasteiger partial charge in [-0.1, -0.05) is 31.4 Å². The van der Waals surface area contributed by atoms with Crippen LogP contribution in [-0.2, 0) is 14.8 Å². The minimum absolute atomic E-state index is 0.129. The number of rotatable bonds is 9. The third-order valence-electron chi connectivity index (χ3n) is 5.86. The standard InChI is InChI=1S/C25H33N3O5S/c1-4-33-21-16-14-20(15-17-21)28(34(3,31)32)18(2)24(29)27-23-13-9-8-12-22(23)25(30)26-19-10-6-5-7-11-19/h8-9,12-19H,4-7,10-11H2,1-3H3,(H,26,30)(H,27,29)/t18-/m1/s1. The molecule has 8 nitrogen and oxygen atoms in total. The summed E-state index contributed by atoms with van der Waals surface area (Å²) in [5, 5.41) is 5.81. The molecule has 0 aliphatic heterocycles. The SMILES string of the molecule is CCOc1ccc(N([C@H](C)C(=O)Nc2ccccc2C(=O)NC2CCCCC2)S(C)(=O)=O)cc1. The van der Waals surface area contributed by atoms with E-state index < -0.39 is 22.0 Å². The van der Waals surface area contributed by atoms with Crippen molar-refractivity contribution in [1.82, 2.24) is 5.32 Å². The number of nitrogens with one attached hydrogen (secondary N) is 2. The molecule has 3 rings (SSSR count). The predicted octanol–water partition coefficient (Wildman–Crippen LogP) is 3.94. The van der Waals surface area contributed by atoms with Gasteiger partial charge in [0.2, 0.25) is 15.9 Å². The largest absolute Gasteiger partial charge is 0.494 e. The van der Waals surface area contributed by atoms with E-state index in [9.17, 15) is 18.0 Å². The first kappa shape index (κ1) is 25.6. The molecular formula is C25H33N3O5S. The summed E-state index contributed by atoms with van der Waals surface area (Å²) < 4.78 is 31.7. The second-order valence-corrected chi connectivity index (χ2v) is 10.4. The Bertz CT molecular complexity index is 1100. The second kappa shape index (κ2) is 11.4. The molecule has 1 fully saturated rings. The maximum Gasteiger partial charge on any atom is 0.253 e. The Hall–Kier alpha value is -3.07. The number of sulfonamides is 1. The molecule has 0 bridgehead atoms. The zero-order valence-electron chi connectivity index (χ0n) is 19.9. The average molecular weight is 488 g/mol. The van der Waals surface area contributed by atoms with Crippen molar-refractivity contribution in [2.45, 2.75) is 58.0 Å². The number of benzene rings is 2. The third kappa shape index (κ3) is 6.50. The molecule has 2 aromatic rings. The number of hydrogen-bond donors (Lipinski definition) is 2. The van der Waals surface area contributed by atoms with E-state index in [-0.39, 0.29) is 11.9 Å². The lowest BCUT2D eigenvalue weighted by Crippen LogP contribution is -2.45. The highest BCUT2D eigenvalue weighted by Gasteiger charge is 2.30. The molecule has 9 heteroatoms. The molecule has 0 unspecified atom stereocenters. The summed E-state index contributed by atoms with van der Waals surface area (Å²) in [7, 11) is -3.77. The van der Waals surface area contributed by atoms with Crippen LogP contribution in [0.2, 0.25) is 0 Å². The summed E-state index contributed by atoms with van der Waals surface area (Å²) in [5.74, 6) is -0.186. The fraction of sp³-hybridized carbons (Fsp3) is 0.440. The van der Waals surface area contributed by atoms with Gasteiger partial charge in [0.05, 0.1) is 29.8 Å². The van der Waals surface area contributed by atoms with Gasteiger partial charge in [-0.25, -0.2) is 8.42 Å². The highest BCUT2D eigenvalue weighted by atomic mass is 32.2. The minimum atomic E-state index is -3.77. The van der Waals surface area contributed by atoms with E-state index in [0.29, 0.717) is 29.3 Å². The van der Waals surface area contributed by atoms with Crippen molar-refractivity contribution in [3.63, 3.8) is 0 Å². The number of carbonyl (C=O) groups excluding carboxylic acids is 2. The predicted molar refractivity (Wildman–Crippen MR) is 134 cm³/mol. The van der Waals surface area contributed by atoms with Gasteiger partial charge in [0.15, 0.2) is 0 Å². The van der Waals surface area contributed by atoms with Crippen molar-refractivity contribution in [1.29, 1.82) is 0 Å². The number of ether oxygens (including phenoxy) is 1. The van der Waals surface area contributed by atoms with Gasteiger partial charge in [-0.3, -0.25) is 13.9 Å². The molecule has 1 saturated carbocycles. The lowest BCUT2D eigenvalue weighted by Gasteiger charge is -2.28. The fourth-order valence-electron chi connectivity index (χ4n) is 4.20. The van der Waals surface area contributed by atoms with Crippen LogP contribution in [0.3, 0.4) is 0 Å². The molecule has 0 saturated heterocycles. The maximum absolute atomic E-state index is 13.1. The summed E-state index contributed by atoms with van der Waals surface area (Å²) in [5.41, 5.74) is 1.03. The molecule has 2 N–H and O–H groups in total. The summed E-state index contributed by atoms with van der Waals surface area (Å²) in [6.45, 7) is 3.86. The number of anilines is 2. The summed E-state index contributed by atoms with van der Waals surface area (Å²) >= 11 is 0.